The molecule has 0 unspecified atom stereocenters. The second-order valence-corrected chi connectivity index (χ2v) is 12.7. The molecule has 0 aromatic heterocycles. The molecule has 0 fully saturated rings. The summed E-state index contributed by atoms with van der Waals surface area (Å²) in [7, 11) is -4.20. The van der Waals surface area contributed by atoms with Gasteiger partial charge in [-0.15, -0.1) is 0 Å². The maximum Gasteiger partial charge on any atom is 0.264 e. The van der Waals surface area contributed by atoms with Gasteiger partial charge in [-0.25, -0.2) is 8.42 Å². The van der Waals surface area contributed by atoms with E-state index in [0.717, 1.165) is 19.9 Å². The van der Waals surface area contributed by atoms with Gasteiger partial charge in [-0.3, -0.25) is 13.9 Å². The highest BCUT2D eigenvalue weighted by atomic mass is 79.9. The van der Waals surface area contributed by atoms with Gasteiger partial charge in [0.05, 0.1) is 15.6 Å². The smallest absolute Gasteiger partial charge is 0.264 e. The van der Waals surface area contributed by atoms with Crippen molar-refractivity contribution in [2.75, 3.05) is 17.4 Å². The fourth-order valence-corrected chi connectivity index (χ4v) is 6.53. The average Bonchev–Trinajstić information content (AvgIpc) is 3.00. The minimum Gasteiger partial charge on any atom is -0.355 e. The molecular formula is C32H31BrClN3O4S. The Morgan fingerprint density at radius 2 is 1.43 bits per heavy atom. The molecule has 0 aliphatic rings. The number of nitrogens with one attached hydrogen (secondary N) is 1. The number of halogens is 2. The number of para-hydroxylation sites is 1. The van der Waals surface area contributed by atoms with Gasteiger partial charge in [0.25, 0.3) is 10.0 Å². The van der Waals surface area contributed by atoms with Crippen LogP contribution < -0.4 is 9.62 Å². The number of rotatable bonds is 12. The first-order chi connectivity index (χ1) is 20.2. The SMILES string of the molecule is CCNC(=O)[C@H](Cc1ccccc1)N(Cc1ccc(Br)cc1)C(=O)CN(c1ccccc1Cl)S(=O)(=O)c1ccccc1. The molecule has 0 radical (unpaired) electrons. The molecule has 7 nitrogen and oxygen atoms in total. The summed E-state index contributed by atoms with van der Waals surface area (Å²) < 4.78 is 29.8. The molecule has 4 aromatic rings. The summed E-state index contributed by atoms with van der Waals surface area (Å²) in [4.78, 5) is 29.3. The van der Waals surface area contributed by atoms with Crippen LogP contribution in [0, 0.1) is 0 Å². The van der Waals surface area contributed by atoms with Crippen LogP contribution >= 0.6 is 27.5 Å². The molecule has 1 N–H and O–H groups in total. The van der Waals surface area contributed by atoms with Crippen LogP contribution in [0.4, 0.5) is 5.69 Å². The molecule has 0 aliphatic carbocycles. The molecule has 10 heteroatoms. The standard InChI is InChI=1S/C32H31BrClN3O4S/c1-2-35-32(39)30(21-24-11-5-3-6-12-24)36(22-25-17-19-26(33)20-18-25)31(38)23-37(29-16-10-9-15-28(29)34)42(40,41)27-13-7-4-8-14-27/h3-20,30H,2,21-23H2,1H3,(H,35,39)/t30-/m0/s1. The Balaban J connectivity index is 1.79. The predicted octanol–water partition coefficient (Wildman–Crippen LogP) is 6.07. The van der Waals surface area contributed by atoms with Crippen molar-refractivity contribution in [3.8, 4) is 0 Å². The Morgan fingerprint density at radius 3 is 2.05 bits per heavy atom. The molecule has 0 spiro atoms. The lowest BCUT2D eigenvalue weighted by molar-refractivity contribution is -0.140. The quantitative estimate of drug-likeness (QED) is 0.199. The van der Waals surface area contributed by atoms with E-state index in [1.165, 1.54) is 17.0 Å². The van der Waals surface area contributed by atoms with Crippen molar-refractivity contribution in [3.63, 3.8) is 0 Å². The molecule has 0 aliphatic heterocycles. The molecular weight excluding hydrogens is 638 g/mol. The summed E-state index contributed by atoms with van der Waals surface area (Å²) in [5.74, 6) is -0.883. The number of carbonyl (C=O) groups is 2. The highest BCUT2D eigenvalue weighted by molar-refractivity contribution is 9.10. The van der Waals surface area contributed by atoms with Crippen LogP contribution in [0.15, 0.2) is 119 Å². The van der Waals surface area contributed by atoms with Crippen molar-refractivity contribution in [3.05, 3.63) is 130 Å². The lowest BCUT2D eigenvalue weighted by atomic mass is 10.0. The van der Waals surface area contributed by atoms with Crippen LogP contribution in [0.2, 0.25) is 5.02 Å². The number of carbonyl (C=O) groups excluding carboxylic acids is 2. The third-order valence-corrected chi connectivity index (χ3v) is 9.24. The normalized spacial score (nSPS) is 11.9. The van der Waals surface area contributed by atoms with Gasteiger partial charge in [0.2, 0.25) is 11.8 Å². The van der Waals surface area contributed by atoms with E-state index in [1.54, 1.807) is 42.5 Å². The lowest BCUT2D eigenvalue weighted by Crippen LogP contribution is -2.53. The van der Waals surface area contributed by atoms with Crippen molar-refractivity contribution in [1.82, 2.24) is 10.2 Å². The molecule has 0 bridgehead atoms. The summed E-state index contributed by atoms with van der Waals surface area (Å²) >= 11 is 9.92. The van der Waals surface area contributed by atoms with Crippen LogP contribution in [0.5, 0.6) is 0 Å². The molecule has 0 heterocycles. The van der Waals surface area contributed by atoms with E-state index in [0.29, 0.717) is 6.54 Å². The number of hydrogen-bond donors (Lipinski definition) is 1. The van der Waals surface area contributed by atoms with Crippen LogP contribution in [-0.4, -0.2) is 44.3 Å². The molecule has 0 saturated heterocycles. The second-order valence-electron chi connectivity index (χ2n) is 9.52. The molecule has 42 heavy (non-hydrogen) atoms. The first kappa shape index (κ1) is 31.3. The largest absolute Gasteiger partial charge is 0.355 e. The minimum atomic E-state index is -4.20. The summed E-state index contributed by atoms with van der Waals surface area (Å²) in [5.41, 5.74) is 1.81. The number of anilines is 1. The Morgan fingerprint density at radius 1 is 0.833 bits per heavy atom. The monoisotopic (exact) mass is 667 g/mol. The Kier molecular flexibility index (Phi) is 10.8. The first-order valence-electron chi connectivity index (χ1n) is 13.4. The highest BCUT2D eigenvalue weighted by Gasteiger charge is 2.35. The minimum absolute atomic E-state index is 0.0155. The van der Waals surface area contributed by atoms with E-state index in [2.05, 4.69) is 21.2 Å². The van der Waals surface area contributed by atoms with Crippen LogP contribution in [-0.2, 0) is 32.6 Å². The van der Waals surface area contributed by atoms with Crippen LogP contribution in [0.3, 0.4) is 0 Å². The molecule has 0 saturated carbocycles. The lowest BCUT2D eigenvalue weighted by Gasteiger charge is -2.34. The maximum absolute atomic E-state index is 14.3. The Hall–Kier alpha value is -3.66. The van der Waals surface area contributed by atoms with E-state index in [1.807, 2.05) is 61.5 Å². The number of hydrogen-bond acceptors (Lipinski definition) is 4. The average molecular weight is 669 g/mol. The Labute approximate surface area is 260 Å². The molecule has 1 atom stereocenters. The van der Waals surface area contributed by atoms with E-state index >= 15 is 0 Å². The van der Waals surface area contributed by atoms with Gasteiger partial charge in [-0.1, -0.05) is 100 Å². The molecule has 4 rings (SSSR count). The summed E-state index contributed by atoms with van der Waals surface area (Å²) in [6.07, 6.45) is 0.243. The van der Waals surface area contributed by atoms with Gasteiger partial charge >= 0.3 is 0 Å². The number of amides is 2. The third kappa shape index (κ3) is 7.79. The molecule has 218 valence electrons. The zero-order chi connectivity index (χ0) is 30.1. The highest BCUT2D eigenvalue weighted by Crippen LogP contribution is 2.31. The van der Waals surface area contributed by atoms with Gasteiger partial charge in [-0.2, -0.15) is 0 Å². The van der Waals surface area contributed by atoms with Gasteiger partial charge in [-0.05, 0) is 54.4 Å². The van der Waals surface area contributed by atoms with E-state index in [9.17, 15) is 18.0 Å². The molecule has 4 aromatic carbocycles. The number of nitrogens with zero attached hydrogens (tertiary/aromatic N) is 2. The zero-order valence-electron chi connectivity index (χ0n) is 23.0. The zero-order valence-corrected chi connectivity index (χ0v) is 26.1. The number of benzene rings is 4. The van der Waals surface area contributed by atoms with Crippen LogP contribution in [0.1, 0.15) is 18.1 Å². The fraction of sp³-hybridized carbons (Fsp3) is 0.188. The number of sulfonamides is 1. The third-order valence-electron chi connectivity index (χ3n) is 6.62. The van der Waals surface area contributed by atoms with Crippen molar-refractivity contribution in [2.45, 2.75) is 30.8 Å². The maximum atomic E-state index is 14.3. The van der Waals surface area contributed by atoms with E-state index < -0.39 is 28.5 Å². The van der Waals surface area contributed by atoms with Gasteiger partial charge in [0, 0.05) is 24.0 Å². The fourth-order valence-electron chi connectivity index (χ4n) is 4.52. The van der Waals surface area contributed by atoms with Gasteiger partial charge in [0.15, 0.2) is 0 Å². The number of likely N-dealkylation sites (N-methyl/N-ethyl adjacent to an activating group) is 1. The van der Waals surface area contributed by atoms with E-state index in [-0.39, 0.29) is 34.5 Å². The van der Waals surface area contributed by atoms with Crippen molar-refractivity contribution >= 4 is 55.1 Å². The van der Waals surface area contributed by atoms with Crippen LogP contribution in [0.25, 0.3) is 0 Å². The van der Waals surface area contributed by atoms with Crippen molar-refractivity contribution in [1.29, 1.82) is 0 Å². The predicted molar refractivity (Wildman–Crippen MR) is 170 cm³/mol. The molecule has 2 amide bonds. The summed E-state index contributed by atoms with van der Waals surface area (Å²) in [6, 6.07) is 30.3. The topological polar surface area (TPSA) is 86.8 Å². The van der Waals surface area contributed by atoms with Crippen molar-refractivity contribution in [2.24, 2.45) is 0 Å². The van der Waals surface area contributed by atoms with Crippen molar-refractivity contribution < 1.29 is 18.0 Å². The Bertz CT molecular complexity index is 1600. The van der Waals surface area contributed by atoms with E-state index in [4.69, 9.17) is 11.6 Å². The second kappa shape index (κ2) is 14.5. The first-order valence-corrected chi connectivity index (χ1v) is 16.0. The van der Waals surface area contributed by atoms with Gasteiger partial charge < -0.3 is 10.2 Å². The summed E-state index contributed by atoms with van der Waals surface area (Å²) in [6.45, 7) is 1.70. The van der Waals surface area contributed by atoms with Gasteiger partial charge in [0.1, 0.15) is 12.6 Å². The summed E-state index contributed by atoms with van der Waals surface area (Å²) in [5, 5.41) is 3.03.